The summed E-state index contributed by atoms with van der Waals surface area (Å²) in [5, 5.41) is 0. The van der Waals surface area contributed by atoms with Crippen molar-refractivity contribution in [3.63, 3.8) is 0 Å². The third-order valence-electron chi connectivity index (χ3n) is 6.30. The van der Waals surface area contributed by atoms with Gasteiger partial charge in [-0.15, -0.1) is 0 Å². The van der Waals surface area contributed by atoms with Crippen molar-refractivity contribution in [2.75, 3.05) is 0 Å². The molecular formula is C21H21BrO2. The van der Waals surface area contributed by atoms with Crippen LogP contribution in [0.1, 0.15) is 44.1 Å². The lowest BCUT2D eigenvalue weighted by atomic mass is 9.59. The van der Waals surface area contributed by atoms with Crippen LogP contribution in [0.25, 0.3) is 5.76 Å². The number of rotatable bonds is 1. The average molecular weight is 385 g/mol. The minimum absolute atomic E-state index is 0.178. The van der Waals surface area contributed by atoms with E-state index >= 15 is 0 Å². The van der Waals surface area contributed by atoms with Crippen LogP contribution in [0.3, 0.4) is 0 Å². The lowest BCUT2D eigenvalue weighted by Crippen LogP contribution is -2.42. The molecule has 4 atom stereocenters. The molecule has 0 radical (unpaired) electrons. The van der Waals surface area contributed by atoms with E-state index in [0.717, 1.165) is 41.5 Å². The normalized spacial score (nSPS) is 34.4. The van der Waals surface area contributed by atoms with Gasteiger partial charge < -0.3 is 4.74 Å². The molecule has 0 bridgehead atoms. The summed E-state index contributed by atoms with van der Waals surface area (Å²) in [5.41, 5.74) is 3.88. The smallest absolute Gasteiger partial charge is 0.140 e. The van der Waals surface area contributed by atoms with Gasteiger partial charge in [0.05, 0.1) is 0 Å². The van der Waals surface area contributed by atoms with Crippen molar-refractivity contribution in [3.05, 3.63) is 51.5 Å². The Morgan fingerprint density at radius 2 is 1.96 bits per heavy atom. The first kappa shape index (κ1) is 14.9. The van der Waals surface area contributed by atoms with E-state index in [9.17, 15) is 4.79 Å². The van der Waals surface area contributed by atoms with Gasteiger partial charge in [-0.3, -0.25) is 4.79 Å². The fraction of sp³-hybridized carbons (Fsp3) is 0.476. The molecule has 24 heavy (non-hydrogen) atoms. The molecule has 5 rings (SSSR count). The summed E-state index contributed by atoms with van der Waals surface area (Å²) in [4.78, 5) is 12.6. The first-order chi connectivity index (χ1) is 11.7. The minimum Gasteiger partial charge on any atom is -0.489 e. The molecule has 1 aromatic carbocycles. The first-order valence-electron chi connectivity index (χ1n) is 9.13. The van der Waals surface area contributed by atoms with Crippen molar-refractivity contribution < 1.29 is 9.53 Å². The van der Waals surface area contributed by atoms with Gasteiger partial charge in [0.1, 0.15) is 17.6 Å². The maximum Gasteiger partial charge on any atom is 0.140 e. The van der Waals surface area contributed by atoms with Crippen molar-refractivity contribution in [2.45, 2.75) is 44.6 Å². The Labute approximate surface area is 151 Å². The van der Waals surface area contributed by atoms with Crippen LogP contribution in [0, 0.1) is 17.8 Å². The zero-order chi connectivity index (χ0) is 16.3. The van der Waals surface area contributed by atoms with E-state index in [1.165, 1.54) is 24.0 Å². The highest BCUT2D eigenvalue weighted by Crippen LogP contribution is 2.56. The van der Waals surface area contributed by atoms with Crippen LogP contribution in [0.5, 0.6) is 0 Å². The van der Waals surface area contributed by atoms with E-state index in [0.29, 0.717) is 17.6 Å². The molecule has 0 amide bonds. The van der Waals surface area contributed by atoms with Gasteiger partial charge in [0.15, 0.2) is 0 Å². The van der Waals surface area contributed by atoms with Crippen molar-refractivity contribution in [1.82, 2.24) is 0 Å². The monoisotopic (exact) mass is 384 g/mol. The van der Waals surface area contributed by atoms with E-state index in [1.54, 1.807) is 0 Å². The van der Waals surface area contributed by atoms with Crippen LogP contribution in [0.2, 0.25) is 0 Å². The number of carbonyl (C=O) groups excluding carboxylic acids is 1. The van der Waals surface area contributed by atoms with E-state index in [-0.39, 0.29) is 12.0 Å². The fourth-order valence-electron chi connectivity index (χ4n) is 5.38. The van der Waals surface area contributed by atoms with Crippen molar-refractivity contribution in [3.8, 4) is 0 Å². The first-order valence-corrected chi connectivity index (χ1v) is 9.92. The lowest BCUT2D eigenvalue weighted by Gasteiger charge is -2.43. The van der Waals surface area contributed by atoms with Crippen LogP contribution >= 0.6 is 15.9 Å². The van der Waals surface area contributed by atoms with Crippen LogP contribution in [0.15, 0.2) is 46.0 Å². The van der Waals surface area contributed by atoms with Gasteiger partial charge in [0, 0.05) is 33.9 Å². The Balaban J connectivity index is 1.69. The molecule has 0 unspecified atom stereocenters. The molecule has 3 aliphatic carbocycles. The predicted molar refractivity (Wildman–Crippen MR) is 97.2 cm³/mol. The highest BCUT2D eigenvalue weighted by Gasteiger charge is 2.51. The zero-order valence-electron chi connectivity index (χ0n) is 13.6. The number of carbonyl (C=O) groups is 1. The minimum atomic E-state index is 0.178. The summed E-state index contributed by atoms with van der Waals surface area (Å²) in [6.45, 7) is 0. The summed E-state index contributed by atoms with van der Waals surface area (Å²) in [6.07, 6.45) is 8.92. The summed E-state index contributed by atoms with van der Waals surface area (Å²) in [7, 11) is 0. The Kier molecular flexibility index (Phi) is 3.48. The number of ketones is 1. The Hall–Kier alpha value is -1.35. The van der Waals surface area contributed by atoms with Crippen molar-refractivity contribution >= 4 is 27.5 Å². The molecule has 0 saturated heterocycles. The molecule has 124 valence electrons. The van der Waals surface area contributed by atoms with Gasteiger partial charge in [-0.25, -0.2) is 0 Å². The van der Waals surface area contributed by atoms with Crippen molar-refractivity contribution in [2.24, 2.45) is 17.8 Å². The molecule has 4 aliphatic rings. The van der Waals surface area contributed by atoms with Crippen LogP contribution in [0.4, 0.5) is 0 Å². The second-order valence-electron chi connectivity index (χ2n) is 7.56. The Bertz CT molecular complexity index is 776. The lowest BCUT2D eigenvalue weighted by molar-refractivity contribution is -0.126. The highest BCUT2D eigenvalue weighted by molar-refractivity contribution is 9.10. The molecule has 2 saturated carbocycles. The van der Waals surface area contributed by atoms with Gasteiger partial charge in [-0.1, -0.05) is 45.8 Å². The van der Waals surface area contributed by atoms with E-state index in [4.69, 9.17) is 4.74 Å². The maximum atomic E-state index is 12.6. The third kappa shape index (κ3) is 2.10. The SMILES string of the molecule is O=C1CCCC2=CC3=C(c4ccccc4Br)O[C@@H]4CCC[C@H]([C@@H]12)[C@H]34. The van der Waals surface area contributed by atoms with Crippen LogP contribution in [-0.4, -0.2) is 11.9 Å². The largest absolute Gasteiger partial charge is 0.489 e. The van der Waals surface area contributed by atoms with Gasteiger partial charge >= 0.3 is 0 Å². The molecule has 3 heteroatoms. The zero-order valence-corrected chi connectivity index (χ0v) is 15.2. The molecule has 1 heterocycles. The number of allylic oxidation sites excluding steroid dienone is 2. The van der Waals surface area contributed by atoms with E-state index in [1.807, 2.05) is 6.07 Å². The predicted octanol–water partition coefficient (Wildman–Crippen LogP) is 5.28. The molecule has 1 aromatic rings. The molecule has 2 nitrogen and oxygen atoms in total. The number of hydrogen-bond donors (Lipinski definition) is 0. The van der Waals surface area contributed by atoms with Gasteiger partial charge in [0.2, 0.25) is 0 Å². The molecular weight excluding hydrogens is 364 g/mol. The summed E-state index contributed by atoms with van der Waals surface area (Å²) in [6, 6.07) is 8.32. The van der Waals surface area contributed by atoms with E-state index in [2.05, 4.69) is 40.2 Å². The number of halogens is 1. The van der Waals surface area contributed by atoms with Gasteiger partial charge in [-0.05, 0) is 44.1 Å². The van der Waals surface area contributed by atoms with Crippen LogP contribution < -0.4 is 0 Å². The quantitative estimate of drug-likeness (QED) is 0.657. The third-order valence-corrected chi connectivity index (χ3v) is 6.99. The van der Waals surface area contributed by atoms with Crippen LogP contribution in [-0.2, 0) is 9.53 Å². The summed E-state index contributed by atoms with van der Waals surface area (Å²) >= 11 is 3.68. The molecule has 2 fully saturated rings. The molecule has 0 aromatic heterocycles. The number of Topliss-reactive ketones (excluding diaryl/α,β-unsaturated/α-hetero) is 1. The topological polar surface area (TPSA) is 26.3 Å². The molecule has 0 N–H and O–H groups in total. The van der Waals surface area contributed by atoms with Gasteiger partial charge in [0.25, 0.3) is 0 Å². The number of fused-ring (bicyclic) bond motifs is 2. The Morgan fingerprint density at radius 1 is 1.08 bits per heavy atom. The Morgan fingerprint density at radius 3 is 2.83 bits per heavy atom. The molecule has 1 aliphatic heterocycles. The average Bonchev–Trinajstić information content (AvgIpc) is 2.95. The van der Waals surface area contributed by atoms with Crippen molar-refractivity contribution in [1.29, 1.82) is 0 Å². The highest BCUT2D eigenvalue weighted by atomic mass is 79.9. The number of hydrogen-bond acceptors (Lipinski definition) is 2. The molecule has 0 spiro atoms. The maximum absolute atomic E-state index is 12.6. The number of benzene rings is 1. The van der Waals surface area contributed by atoms with E-state index < -0.39 is 0 Å². The fourth-order valence-corrected chi connectivity index (χ4v) is 5.85. The number of ether oxygens (including phenoxy) is 1. The summed E-state index contributed by atoms with van der Waals surface area (Å²) in [5.74, 6) is 2.58. The standard InChI is InChI=1S/C21H21BrO2/c22-16-8-2-1-6-13(16)21-15-11-12-5-3-9-17(23)19(12)14-7-4-10-18(24-21)20(14)15/h1-2,6,8,11,14,18-20H,3-5,7,9-10H2/t14-,18-,19+,20-/m1/s1. The van der Waals surface area contributed by atoms with Gasteiger partial charge in [-0.2, -0.15) is 0 Å². The second kappa shape index (κ2) is 5.59. The summed E-state index contributed by atoms with van der Waals surface area (Å²) < 4.78 is 7.57. The second-order valence-corrected chi connectivity index (χ2v) is 8.41.